The second-order valence-corrected chi connectivity index (χ2v) is 9.51. The number of nitrogens with zero attached hydrogens (tertiary/aromatic N) is 2. The van der Waals surface area contributed by atoms with Crippen LogP contribution in [0.25, 0.3) is 0 Å². The number of rotatable bonds is 9. The van der Waals surface area contributed by atoms with E-state index in [2.05, 4.69) is 15.8 Å². The number of methoxy groups -OCH3 is 3. The van der Waals surface area contributed by atoms with Gasteiger partial charge in [-0.15, -0.1) is 11.3 Å². The Hall–Kier alpha value is -4.32. The van der Waals surface area contributed by atoms with Crippen LogP contribution in [0.3, 0.4) is 0 Å². The molecule has 0 aliphatic carbocycles. The highest BCUT2D eigenvalue weighted by atomic mass is 32.1. The summed E-state index contributed by atoms with van der Waals surface area (Å²) in [6.45, 7) is 0.818. The van der Waals surface area contributed by atoms with E-state index in [9.17, 15) is 14.4 Å². The molecule has 11 nitrogen and oxygen atoms in total. The zero-order valence-corrected chi connectivity index (χ0v) is 22.7. The lowest BCUT2D eigenvalue weighted by Gasteiger charge is -2.31. The van der Waals surface area contributed by atoms with Gasteiger partial charge in [-0.25, -0.2) is 4.98 Å². The Kier molecular flexibility index (Phi) is 9.21. The van der Waals surface area contributed by atoms with Crippen molar-refractivity contribution in [2.75, 3.05) is 41.0 Å². The number of carbonyl (C=O) groups excluding carboxylic acids is 3. The summed E-state index contributed by atoms with van der Waals surface area (Å²) >= 11 is 1.38. The van der Waals surface area contributed by atoms with Gasteiger partial charge in [-0.05, 0) is 37.1 Å². The van der Waals surface area contributed by atoms with Gasteiger partial charge in [-0.3, -0.25) is 25.2 Å². The van der Waals surface area contributed by atoms with E-state index in [-0.39, 0.29) is 24.1 Å². The van der Waals surface area contributed by atoms with Crippen LogP contribution >= 0.6 is 11.3 Å². The first-order valence-corrected chi connectivity index (χ1v) is 13.1. The molecule has 1 aromatic heterocycles. The van der Waals surface area contributed by atoms with Crippen molar-refractivity contribution in [2.45, 2.75) is 18.8 Å². The molecule has 39 heavy (non-hydrogen) atoms. The number of aromatic nitrogens is 1. The molecule has 1 fully saturated rings. The van der Waals surface area contributed by atoms with Crippen molar-refractivity contribution in [3.63, 3.8) is 0 Å². The Balaban J connectivity index is 1.29. The first-order valence-electron chi connectivity index (χ1n) is 12.3. The van der Waals surface area contributed by atoms with E-state index in [4.69, 9.17) is 18.9 Å². The number of hydrazine groups is 1. The lowest BCUT2D eigenvalue weighted by molar-refractivity contribution is -0.123. The zero-order valence-electron chi connectivity index (χ0n) is 21.9. The van der Waals surface area contributed by atoms with Gasteiger partial charge in [0.15, 0.2) is 18.1 Å². The Morgan fingerprint density at radius 2 is 1.67 bits per heavy atom. The predicted octanol–water partition coefficient (Wildman–Crippen LogP) is 3.03. The number of piperidine rings is 1. The molecule has 1 aliphatic heterocycles. The molecule has 1 aliphatic rings. The Labute approximate surface area is 230 Å². The molecule has 0 atom stereocenters. The highest BCUT2D eigenvalue weighted by Crippen LogP contribution is 2.40. The molecule has 2 heterocycles. The molecule has 0 unspecified atom stereocenters. The summed E-state index contributed by atoms with van der Waals surface area (Å²) in [5.41, 5.74) is 5.31. The minimum Gasteiger partial charge on any atom is -0.493 e. The zero-order chi connectivity index (χ0) is 27.8. The minimum absolute atomic E-state index is 0.113. The van der Waals surface area contributed by atoms with E-state index in [1.165, 1.54) is 32.7 Å². The average Bonchev–Trinajstić information content (AvgIpc) is 3.48. The molecule has 12 heteroatoms. The first-order chi connectivity index (χ1) is 18.9. The van der Waals surface area contributed by atoms with Crippen molar-refractivity contribution in [3.8, 4) is 23.0 Å². The van der Waals surface area contributed by atoms with Gasteiger partial charge in [0.25, 0.3) is 17.7 Å². The number of amides is 3. The normalized spacial score (nSPS) is 13.4. The van der Waals surface area contributed by atoms with Crippen LogP contribution in [0.4, 0.5) is 0 Å². The van der Waals surface area contributed by atoms with Crippen LogP contribution in [-0.4, -0.2) is 68.6 Å². The average molecular weight is 555 g/mol. The predicted molar refractivity (Wildman–Crippen MR) is 144 cm³/mol. The van der Waals surface area contributed by atoms with E-state index in [1.807, 2.05) is 6.07 Å². The molecule has 0 radical (unpaired) electrons. The Bertz CT molecular complexity index is 1310. The van der Waals surface area contributed by atoms with Crippen molar-refractivity contribution in [1.29, 1.82) is 0 Å². The van der Waals surface area contributed by atoms with Crippen LogP contribution in [0.15, 0.2) is 47.8 Å². The molecule has 0 spiro atoms. The number of nitrogens with one attached hydrogen (secondary N) is 2. The monoisotopic (exact) mass is 554 g/mol. The molecule has 2 aromatic carbocycles. The maximum Gasteiger partial charge on any atom is 0.289 e. The van der Waals surface area contributed by atoms with Crippen LogP contribution < -0.4 is 29.8 Å². The first kappa shape index (κ1) is 27.7. The van der Waals surface area contributed by atoms with Crippen molar-refractivity contribution < 1.29 is 33.3 Å². The summed E-state index contributed by atoms with van der Waals surface area (Å²) in [6.07, 6.45) is 1.40. The third-order valence-corrected chi connectivity index (χ3v) is 7.26. The molecule has 206 valence electrons. The number of ether oxygens (including phenoxy) is 4. The summed E-state index contributed by atoms with van der Waals surface area (Å²) in [5, 5.41) is 2.47. The standard InChI is InChI=1S/C27H30N4O7S/c1-35-21-10-9-19(23(36-2)24(21)37-3)27(34)31-13-11-17(12-14-31)26-28-20(16-39-26)25(33)30-29-22(32)15-38-18-7-5-4-6-8-18/h4-10,16-17H,11-15H2,1-3H3,(H,29,32)(H,30,33). The van der Waals surface area contributed by atoms with Crippen LogP contribution in [-0.2, 0) is 4.79 Å². The molecule has 0 saturated carbocycles. The topological polar surface area (TPSA) is 128 Å². The number of thiazole rings is 1. The molecule has 0 bridgehead atoms. The molecular weight excluding hydrogens is 524 g/mol. The van der Waals surface area contributed by atoms with E-state index in [1.54, 1.807) is 46.7 Å². The van der Waals surface area contributed by atoms with Crippen LogP contribution in [0.1, 0.15) is 44.6 Å². The lowest BCUT2D eigenvalue weighted by atomic mass is 9.97. The number of carbonyl (C=O) groups is 3. The molecule has 1 saturated heterocycles. The fourth-order valence-electron chi connectivity index (χ4n) is 4.24. The summed E-state index contributed by atoms with van der Waals surface area (Å²) in [7, 11) is 4.51. The summed E-state index contributed by atoms with van der Waals surface area (Å²) in [4.78, 5) is 44.0. The van der Waals surface area contributed by atoms with E-state index >= 15 is 0 Å². The summed E-state index contributed by atoms with van der Waals surface area (Å²) in [5.74, 6) is 0.684. The smallest absolute Gasteiger partial charge is 0.289 e. The Morgan fingerprint density at radius 1 is 0.949 bits per heavy atom. The quantitative estimate of drug-likeness (QED) is 0.387. The third kappa shape index (κ3) is 6.58. The van der Waals surface area contributed by atoms with Crippen molar-refractivity contribution in [3.05, 3.63) is 64.1 Å². The summed E-state index contributed by atoms with van der Waals surface area (Å²) in [6, 6.07) is 12.3. The molecule has 3 amide bonds. The number of benzene rings is 2. The highest BCUT2D eigenvalue weighted by molar-refractivity contribution is 7.09. The van der Waals surface area contributed by atoms with Gasteiger partial charge in [-0.1, -0.05) is 18.2 Å². The number of hydrogen-bond donors (Lipinski definition) is 2. The van der Waals surface area contributed by atoms with Gasteiger partial charge in [0, 0.05) is 24.4 Å². The van der Waals surface area contributed by atoms with Crippen molar-refractivity contribution >= 4 is 29.1 Å². The van der Waals surface area contributed by atoms with Crippen LogP contribution in [0, 0.1) is 0 Å². The van der Waals surface area contributed by atoms with Crippen molar-refractivity contribution in [2.24, 2.45) is 0 Å². The van der Waals surface area contributed by atoms with Gasteiger partial charge in [-0.2, -0.15) is 0 Å². The van der Waals surface area contributed by atoms with Gasteiger partial charge in [0.05, 0.1) is 31.9 Å². The summed E-state index contributed by atoms with van der Waals surface area (Å²) < 4.78 is 21.5. The minimum atomic E-state index is -0.515. The largest absolute Gasteiger partial charge is 0.493 e. The lowest BCUT2D eigenvalue weighted by Crippen LogP contribution is -2.44. The fourth-order valence-corrected chi connectivity index (χ4v) is 5.21. The van der Waals surface area contributed by atoms with Gasteiger partial charge >= 0.3 is 0 Å². The SMILES string of the molecule is COc1ccc(C(=O)N2CCC(c3nc(C(=O)NNC(=O)COc4ccccc4)cs3)CC2)c(OC)c1OC. The number of para-hydroxylation sites is 1. The van der Waals surface area contributed by atoms with E-state index < -0.39 is 11.8 Å². The van der Waals surface area contributed by atoms with Crippen molar-refractivity contribution in [1.82, 2.24) is 20.7 Å². The molecule has 2 N–H and O–H groups in total. The van der Waals surface area contributed by atoms with E-state index in [0.29, 0.717) is 54.5 Å². The van der Waals surface area contributed by atoms with E-state index in [0.717, 1.165) is 5.01 Å². The molecule has 3 aromatic rings. The number of likely N-dealkylation sites (tertiary alicyclic amines) is 1. The van der Waals surface area contributed by atoms with Gasteiger partial charge in [0.2, 0.25) is 5.75 Å². The Morgan fingerprint density at radius 3 is 2.33 bits per heavy atom. The van der Waals surface area contributed by atoms with Crippen LogP contribution in [0.5, 0.6) is 23.0 Å². The second-order valence-electron chi connectivity index (χ2n) is 8.62. The highest BCUT2D eigenvalue weighted by Gasteiger charge is 2.30. The molecule has 4 rings (SSSR count). The van der Waals surface area contributed by atoms with Gasteiger partial charge < -0.3 is 23.8 Å². The number of hydrogen-bond acceptors (Lipinski definition) is 9. The second kappa shape index (κ2) is 13.0. The fraction of sp³-hybridized carbons (Fsp3) is 0.333. The van der Waals surface area contributed by atoms with Crippen LogP contribution in [0.2, 0.25) is 0 Å². The van der Waals surface area contributed by atoms with Gasteiger partial charge in [0.1, 0.15) is 11.4 Å². The maximum atomic E-state index is 13.3. The maximum absolute atomic E-state index is 13.3. The third-order valence-electron chi connectivity index (χ3n) is 6.25. The molecular formula is C27H30N4O7S.